The highest BCUT2D eigenvalue weighted by molar-refractivity contribution is 9.10. The molecule has 0 saturated carbocycles. The summed E-state index contributed by atoms with van der Waals surface area (Å²) >= 11 is 3.46. The Morgan fingerprint density at radius 1 is 1.32 bits per heavy atom. The van der Waals surface area contributed by atoms with Gasteiger partial charge in [0, 0.05) is 35.3 Å². The summed E-state index contributed by atoms with van der Waals surface area (Å²) < 4.78 is 6.71. The Morgan fingerprint density at radius 2 is 2.04 bits per heavy atom. The van der Waals surface area contributed by atoms with Crippen LogP contribution in [0.5, 0.6) is 0 Å². The van der Waals surface area contributed by atoms with Gasteiger partial charge in [0.2, 0.25) is 5.91 Å². The lowest BCUT2D eigenvalue weighted by Gasteiger charge is -2.32. The molecule has 1 aromatic carbocycles. The molecule has 2 rings (SSSR count). The number of unbranched alkanes of at least 4 members (excludes halogenated alkanes) is 1. The van der Waals surface area contributed by atoms with Crippen molar-refractivity contribution in [1.29, 1.82) is 0 Å². The largest absolute Gasteiger partial charge is 0.380 e. The molecule has 0 aliphatic carbocycles. The van der Waals surface area contributed by atoms with E-state index in [-0.39, 0.29) is 24.2 Å². The van der Waals surface area contributed by atoms with Crippen LogP contribution in [0.1, 0.15) is 39.5 Å². The number of carbonyl (C=O) groups is 1. The van der Waals surface area contributed by atoms with E-state index >= 15 is 0 Å². The van der Waals surface area contributed by atoms with Crippen LogP contribution < -0.4 is 10.2 Å². The molecule has 0 aromatic heterocycles. The van der Waals surface area contributed by atoms with Crippen LogP contribution in [0.15, 0.2) is 28.7 Å². The molecule has 0 radical (unpaired) electrons. The summed E-state index contributed by atoms with van der Waals surface area (Å²) in [5, 5.41) is 3.42. The van der Waals surface area contributed by atoms with Crippen LogP contribution in [-0.4, -0.2) is 38.3 Å². The molecule has 4 nitrogen and oxygen atoms in total. The molecule has 0 bridgehead atoms. The Morgan fingerprint density at radius 3 is 2.68 bits per heavy atom. The zero-order valence-corrected chi connectivity index (χ0v) is 17.6. The first-order valence-corrected chi connectivity index (χ1v) is 9.79. The molecule has 142 valence electrons. The predicted octanol–water partition coefficient (Wildman–Crippen LogP) is 4.41. The highest BCUT2D eigenvalue weighted by Crippen LogP contribution is 2.24. The van der Waals surface area contributed by atoms with Crippen LogP contribution in [0.3, 0.4) is 0 Å². The van der Waals surface area contributed by atoms with Gasteiger partial charge in [0.05, 0.1) is 6.61 Å². The number of halogens is 2. The summed E-state index contributed by atoms with van der Waals surface area (Å²) in [6.45, 7) is 7.18. The Kier molecular flexibility index (Phi) is 10.7. The number of benzene rings is 1. The summed E-state index contributed by atoms with van der Waals surface area (Å²) in [7, 11) is 0. The summed E-state index contributed by atoms with van der Waals surface area (Å²) in [4.78, 5) is 15.0. The quantitative estimate of drug-likeness (QED) is 0.617. The van der Waals surface area contributed by atoms with E-state index in [0.717, 1.165) is 49.0 Å². The first kappa shape index (κ1) is 22.4. The molecule has 1 aliphatic heterocycles. The minimum Gasteiger partial charge on any atom is -0.380 e. The van der Waals surface area contributed by atoms with Crippen molar-refractivity contribution in [2.45, 2.75) is 45.6 Å². The smallest absolute Gasteiger partial charge is 0.230 e. The number of hydrogen-bond donors (Lipinski definition) is 1. The second-order valence-corrected chi connectivity index (χ2v) is 7.42. The molecule has 1 fully saturated rings. The van der Waals surface area contributed by atoms with E-state index in [1.807, 2.05) is 29.2 Å². The van der Waals surface area contributed by atoms with E-state index in [0.29, 0.717) is 19.2 Å². The fourth-order valence-electron chi connectivity index (χ4n) is 3.07. The number of rotatable bonds is 8. The topological polar surface area (TPSA) is 41.6 Å². The van der Waals surface area contributed by atoms with E-state index in [2.05, 4.69) is 35.1 Å². The molecule has 2 atom stereocenters. The SMILES string of the molecule is CCCCOCCN(C(=O)[C@H]1CCN[C@@H](C)C1)c1ccc(Br)cc1.Cl. The lowest BCUT2D eigenvalue weighted by molar-refractivity contribution is -0.123. The molecule has 1 aromatic rings. The molecule has 1 heterocycles. The fraction of sp³-hybridized carbons (Fsp3) is 0.632. The van der Waals surface area contributed by atoms with Gasteiger partial charge in [0.25, 0.3) is 0 Å². The van der Waals surface area contributed by atoms with Crippen LogP contribution in [-0.2, 0) is 9.53 Å². The molecule has 1 N–H and O–H groups in total. The molecule has 25 heavy (non-hydrogen) atoms. The van der Waals surface area contributed by atoms with Crippen molar-refractivity contribution < 1.29 is 9.53 Å². The second-order valence-electron chi connectivity index (χ2n) is 6.51. The summed E-state index contributed by atoms with van der Waals surface area (Å²) in [5.41, 5.74) is 0.952. The first-order chi connectivity index (χ1) is 11.6. The van der Waals surface area contributed by atoms with Crippen LogP contribution in [0.4, 0.5) is 5.69 Å². The Balaban J connectivity index is 0.00000312. The maximum atomic E-state index is 13.1. The zero-order valence-electron chi connectivity index (χ0n) is 15.2. The second kappa shape index (κ2) is 11.9. The van der Waals surface area contributed by atoms with Gasteiger partial charge in [-0.1, -0.05) is 29.3 Å². The van der Waals surface area contributed by atoms with Gasteiger partial charge in [0.15, 0.2) is 0 Å². The normalized spacial score (nSPS) is 20.0. The number of nitrogens with one attached hydrogen (secondary N) is 1. The maximum Gasteiger partial charge on any atom is 0.230 e. The van der Waals surface area contributed by atoms with E-state index < -0.39 is 0 Å². The van der Waals surface area contributed by atoms with Crippen LogP contribution in [0, 0.1) is 5.92 Å². The molecular weight excluding hydrogens is 404 g/mol. The van der Waals surface area contributed by atoms with Crippen molar-refractivity contribution in [2.75, 3.05) is 31.2 Å². The Labute approximate surface area is 166 Å². The van der Waals surface area contributed by atoms with E-state index in [4.69, 9.17) is 4.74 Å². The monoisotopic (exact) mass is 432 g/mol. The number of amides is 1. The third-order valence-electron chi connectivity index (χ3n) is 4.48. The van der Waals surface area contributed by atoms with Crippen molar-refractivity contribution >= 4 is 39.9 Å². The van der Waals surface area contributed by atoms with Gasteiger partial charge in [-0.05, 0) is 57.0 Å². The lowest BCUT2D eigenvalue weighted by Crippen LogP contribution is -2.45. The number of carbonyl (C=O) groups excluding carboxylic acids is 1. The number of anilines is 1. The van der Waals surface area contributed by atoms with Crippen LogP contribution >= 0.6 is 28.3 Å². The van der Waals surface area contributed by atoms with Gasteiger partial charge >= 0.3 is 0 Å². The van der Waals surface area contributed by atoms with Crippen LogP contribution in [0.25, 0.3) is 0 Å². The standard InChI is InChI=1S/C19H29BrN2O2.ClH/c1-3-4-12-24-13-11-22(18-7-5-17(20)6-8-18)19(23)16-9-10-21-15(2)14-16;/h5-8,15-16,21H,3-4,9-14H2,1-2H3;1H/t15-,16-;/m0./s1. The minimum absolute atomic E-state index is 0. The van der Waals surface area contributed by atoms with Crippen LogP contribution in [0.2, 0.25) is 0 Å². The Bertz CT molecular complexity index is 513. The highest BCUT2D eigenvalue weighted by Gasteiger charge is 2.29. The van der Waals surface area contributed by atoms with Gasteiger partial charge < -0.3 is 15.0 Å². The molecule has 1 saturated heterocycles. The van der Waals surface area contributed by atoms with Crippen molar-refractivity contribution in [2.24, 2.45) is 5.92 Å². The third-order valence-corrected chi connectivity index (χ3v) is 5.01. The first-order valence-electron chi connectivity index (χ1n) is 9.00. The van der Waals surface area contributed by atoms with E-state index in [1.165, 1.54) is 0 Å². The summed E-state index contributed by atoms with van der Waals surface area (Å²) in [5.74, 6) is 0.324. The Hall–Kier alpha value is -0.620. The van der Waals surface area contributed by atoms with Gasteiger partial charge in [-0.3, -0.25) is 4.79 Å². The van der Waals surface area contributed by atoms with Crippen molar-refractivity contribution in [3.63, 3.8) is 0 Å². The predicted molar refractivity (Wildman–Crippen MR) is 110 cm³/mol. The van der Waals surface area contributed by atoms with Gasteiger partial charge in [0.1, 0.15) is 0 Å². The molecular formula is C19H30BrClN2O2. The summed E-state index contributed by atoms with van der Waals surface area (Å²) in [6, 6.07) is 8.37. The molecule has 1 aliphatic rings. The number of hydrogen-bond acceptors (Lipinski definition) is 3. The lowest BCUT2D eigenvalue weighted by atomic mass is 9.92. The molecule has 1 amide bonds. The van der Waals surface area contributed by atoms with Crippen molar-refractivity contribution in [1.82, 2.24) is 5.32 Å². The summed E-state index contributed by atoms with van der Waals surface area (Å²) in [6.07, 6.45) is 4.01. The third kappa shape index (κ3) is 7.26. The molecule has 0 spiro atoms. The highest BCUT2D eigenvalue weighted by atomic mass is 79.9. The maximum absolute atomic E-state index is 13.1. The van der Waals surface area contributed by atoms with Gasteiger partial charge in [-0.25, -0.2) is 0 Å². The van der Waals surface area contributed by atoms with E-state index in [1.54, 1.807) is 0 Å². The number of nitrogens with zero attached hydrogens (tertiary/aromatic N) is 1. The van der Waals surface area contributed by atoms with Crippen molar-refractivity contribution in [3.8, 4) is 0 Å². The van der Waals surface area contributed by atoms with E-state index in [9.17, 15) is 4.79 Å². The van der Waals surface area contributed by atoms with Gasteiger partial charge in [-0.15, -0.1) is 12.4 Å². The van der Waals surface area contributed by atoms with Gasteiger partial charge in [-0.2, -0.15) is 0 Å². The average molecular weight is 434 g/mol. The minimum atomic E-state index is 0. The number of ether oxygens (including phenoxy) is 1. The zero-order chi connectivity index (χ0) is 17.4. The average Bonchev–Trinajstić information content (AvgIpc) is 2.59. The molecule has 0 unspecified atom stereocenters. The number of piperidine rings is 1. The fourth-order valence-corrected chi connectivity index (χ4v) is 3.33. The molecule has 6 heteroatoms. The van der Waals surface area contributed by atoms with Crippen molar-refractivity contribution in [3.05, 3.63) is 28.7 Å².